The highest BCUT2D eigenvalue weighted by molar-refractivity contribution is 7.99. The molecule has 2 aromatic carbocycles. The Morgan fingerprint density at radius 2 is 2.12 bits per heavy atom. The first-order valence-electron chi connectivity index (χ1n) is 8.33. The van der Waals surface area contributed by atoms with Crippen LogP contribution < -0.4 is 5.32 Å². The first kappa shape index (κ1) is 17.1. The third kappa shape index (κ3) is 3.76. The Morgan fingerprint density at radius 3 is 2.88 bits per heavy atom. The Balaban J connectivity index is 1.46. The van der Waals surface area contributed by atoms with Gasteiger partial charge in [-0.05, 0) is 47.9 Å². The van der Waals surface area contributed by atoms with Crippen molar-refractivity contribution in [3.05, 3.63) is 76.8 Å². The summed E-state index contributed by atoms with van der Waals surface area (Å²) in [7, 11) is 0. The molecule has 0 bridgehead atoms. The number of fused-ring (bicyclic) bond motifs is 1. The number of halogens is 1. The molecule has 0 fully saturated rings. The highest BCUT2D eigenvalue weighted by atomic mass is 35.5. The molecular weight excluding hydrogens is 368 g/mol. The minimum Gasteiger partial charge on any atom is -0.345 e. The van der Waals surface area contributed by atoms with Gasteiger partial charge in [-0.2, -0.15) is 5.10 Å². The highest BCUT2D eigenvalue weighted by Gasteiger charge is 2.23. The topological polar surface area (TPSA) is 59.8 Å². The van der Waals surface area contributed by atoms with Crippen LogP contribution in [0, 0.1) is 0 Å². The van der Waals surface area contributed by atoms with Crippen molar-refractivity contribution in [3.63, 3.8) is 0 Å². The van der Waals surface area contributed by atoms with Crippen LogP contribution in [0.2, 0.25) is 5.02 Å². The molecule has 4 rings (SSSR count). The fourth-order valence-corrected chi connectivity index (χ4v) is 4.31. The van der Waals surface area contributed by atoms with E-state index in [-0.39, 0.29) is 11.9 Å². The van der Waals surface area contributed by atoms with E-state index in [4.69, 9.17) is 11.6 Å². The number of hydrogen-bond donors (Lipinski definition) is 1. The van der Waals surface area contributed by atoms with Crippen molar-refractivity contribution in [1.29, 1.82) is 0 Å². The number of benzene rings is 2. The third-order valence-electron chi connectivity index (χ3n) is 4.34. The number of thioether (sulfide) groups is 1. The predicted octanol–water partition coefficient (Wildman–Crippen LogP) is 3.95. The largest absolute Gasteiger partial charge is 0.345 e. The van der Waals surface area contributed by atoms with Gasteiger partial charge in [0.25, 0.3) is 5.91 Å². The van der Waals surface area contributed by atoms with Crippen LogP contribution in [0.15, 0.2) is 60.0 Å². The predicted molar refractivity (Wildman–Crippen MR) is 103 cm³/mol. The molecule has 3 aromatic rings. The van der Waals surface area contributed by atoms with Crippen molar-refractivity contribution in [3.8, 4) is 0 Å². The monoisotopic (exact) mass is 384 g/mol. The van der Waals surface area contributed by atoms with Gasteiger partial charge in [0.1, 0.15) is 12.7 Å². The zero-order valence-electron chi connectivity index (χ0n) is 13.9. The molecule has 0 aliphatic carbocycles. The van der Waals surface area contributed by atoms with Gasteiger partial charge in [-0.3, -0.25) is 4.79 Å². The van der Waals surface area contributed by atoms with Crippen molar-refractivity contribution in [2.75, 3.05) is 5.75 Å². The van der Waals surface area contributed by atoms with Crippen LogP contribution in [0.5, 0.6) is 0 Å². The fourth-order valence-electron chi connectivity index (χ4n) is 3.02. The van der Waals surface area contributed by atoms with E-state index in [2.05, 4.69) is 15.4 Å². The molecule has 1 aliphatic rings. The van der Waals surface area contributed by atoms with E-state index in [9.17, 15) is 4.79 Å². The number of rotatable bonds is 4. The van der Waals surface area contributed by atoms with Crippen molar-refractivity contribution in [1.82, 2.24) is 20.1 Å². The molecule has 2 heterocycles. The molecule has 0 saturated carbocycles. The lowest BCUT2D eigenvalue weighted by molar-refractivity contribution is 0.0935. The maximum atomic E-state index is 12.7. The minimum absolute atomic E-state index is 0.00715. The minimum atomic E-state index is -0.0693. The van der Waals surface area contributed by atoms with Crippen LogP contribution in [-0.4, -0.2) is 26.4 Å². The number of hydrogen-bond acceptors (Lipinski definition) is 4. The van der Waals surface area contributed by atoms with Crippen LogP contribution in [-0.2, 0) is 6.54 Å². The van der Waals surface area contributed by atoms with Gasteiger partial charge in [-0.15, -0.1) is 11.8 Å². The Hall–Kier alpha value is -2.31. The van der Waals surface area contributed by atoms with Crippen LogP contribution in [0.25, 0.3) is 0 Å². The first-order chi connectivity index (χ1) is 12.7. The number of amides is 1. The fraction of sp³-hybridized carbons (Fsp3) is 0.211. The van der Waals surface area contributed by atoms with Crippen molar-refractivity contribution in [2.45, 2.75) is 23.9 Å². The quantitative estimate of drug-likeness (QED) is 0.740. The number of carbonyl (C=O) groups excluding carboxylic acids is 1. The molecule has 1 aliphatic heterocycles. The molecule has 1 unspecified atom stereocenters. The third-order valence-corrected chi connectivity index (χ3v) is 5.70. The Labute approximate surface area is 160 Å². The standard InChI is InChI=1S/C19H17ClN4OS/c20-15-5-6-18-16(9-15)17(7-8-26-18)23-19(25)14-3-1-13(2-4-14)10-24-12-21-11-22-24/h1-6,9,11-12,17H,7-8,10H2,(H,23,25). The summed E-state index contributed by atoms with van der Waals surface area (Å²) in [5.74, 6) is 0.913. The van der Waals surface area contributed by atoms with E-state index < -0.39 is 0 Å². The molecule has 7 heteroatoms. The molecule has 132 valence electrons. The second kappa shape index (κ2) is 7.51. The lowest BCUT2D eigenvalue weighted by Crippen LogP contribution is -2.30. The first-order valence-corrected chi connectivity index (χ1v) is 9.70. The summed E-state index contributed by atoms with van der Waals surface area (Å²) < 4.78 is 1.75. The SMILES string of the molecule is O=C(NC1CCSc2ccc(Cl)cc21)c1ccc(Cn2cncn2)cc1. The van der Waals surface area contributed by atoms with Crippen molar-refractivity contribution in [2.24, 2.45) is 0 Å². The average Bonchev–Trinajstić information content (AvgIpc) is 3.16. The molecule has 0 spiro atoms. The van der Waals surface area contributed by atoms with Gasteiger partial charge < -0.3 is 5.32 Å². The molecule has 0 saturated heterocycles. The molecule has 26 heavy (non-hydrogen) atoms. The van der Waals surface area contributed by atoms with Crippen LogP contribution in [0.3, 0.4) is 0 Å². The summed E-state index contributed by atoms with van der Waals surface area (Å²) in [5, 5.41) is 7.93. The lowest BCUT2D eigenvalue weighted by Gasteiger charge is -2.26. The van der Waals surface area contributed by atoms with Crippen LogP contribution >= 0.6 is 23.4 Å². The van der Waals surface area contributed by atoms with E-state index >= 15 is 0 Å². The van der Waals surface area contributed by atoms with E-state index in [0.29, 0.717) is 17.1 Å². The zero-order chi connectivity index (χ0) is 17.9. The summed E-state index contributed by atoms with van der Waals surface area (Å²) in [4.78, 5) is 17.8. The van der Waals surface area contributed by atoms with Gasteiger partial charge in [-0.1, -0.05) is 23.7 Å². The summed E-state index contributed by atoms with van der Waals surface area (Å²) in [6.07, 6.45) is 4.08. The summed E-state index contributed by atoms with van der Waals surface area (Å²) in [5.41, 5.74) is 2.82. The summed E-state index contributed by atoms with van der Waals surface area (Å²) in [6.45, 7) is 0.633. The molecule has 1 N–H and O–H groups in total. The molecular formula is C19H17ClN4OS. The molecule has 1 aromatic heterocycles. The van der Waals surface area contributed by atoms with E-state index in [1.807, 2.05) is 42.5 Å². The van der Waals surface area contributed by atoms with E-state index in [0.717, 1.165) is 23.3 Å². The number of nitrogens with one attached hydrogen (secondary N) is 1. The van der Waals surface area contributed by atoms with Gasteiger partial charge >= 0.3 is 0 Å². The van der Waals surface area contributed by atoms with Gasteiger partial charge in [0.05, 0.1) is 12.6 Å². The highest BCUT2D eigenvalue weighted by Crippen LogP contribution is 2.37. The van der Waals surface area contributed by atoms with E-state index in [1.54, 1.807) is 22.8 Å². The van der Waals surface area contributed by atoms with Gasteiger partial charge in [0.2, 0.25) is 0 Å². The van der Waals surface area contributed by atoms with E-state index in [1.165, 1.54) is 11.2 Å². The Morgan fingerprint density at radius 1 is 1.27 bits per heavy atom. The average molecular weight is 385 g/mol. The van der Waals surface area contributed by atoms with Gasteiger partial charge in [0.15, 0.2) is 0 Å². The maximum Gasteiger partial charge on any atom is 0.251 e. The molecule has 1 atom stereocenters. The van der Waals surface area contributed by atoms with Crippen LogP contribution in [0.4, 0.5) is 0 Å². The Bertz CT molecular complexity index is 912. The summed E-state index contributed by atoms with van der Waals surface area (Å²) >= 11 is 7.94. The van der Waals surface area contributed by atoms with Crippen molar-refractivity contribution >= 4 is 29.3 Å². The lowest BCUT2D eigenvalue weighted by atomic mass is 10.0. The molecule has 5 nitrogen and oxygen atoms in total. The second-order valence-corrected chi connectivity index (χ2v) is 7.71. The second-order valence-electron chi connectivity index (χ2n) is 6.14. The number of nitrogens with zero attached hydrogens (tertiary/aromatic N) is 3. The number of carbonyl (C=O) groups is 1. The van der Waals surface area contributed by atoms with Crippen molar-refractivity contribution < 1.29 is 4.79 Å². The molecule has 0 radical (unpaired) electrons. The Kier molecular flexibility index (Phi) is 4.95. The van der Waals surface area contributed by atoms with Gasteiger partial charge in [-0.25, -0.2) is 9.67 Å². The number of aromatic nitrogens is 3. The van der Waals surface area contributed by atoms with Gasteiger partial charge in [0, 0.05) is 21.2 Å². The molecule has 1 amide bonds. The summed E-state index contributed by atoms with van der Waals surface area (Å²) in [6, 6.07) is 13.4. The smallest absolute Gasteiger partial charge is 0.251 e. The van der Waals surface area contributed by atoms with Crippen LogP contribution in [0.1, 0.15) is 33.9 Å². The normalized spacial score (nSPS) is 16.1. The zero-order valence-corrected chi connectivity index (χ0v) is 15.5. The maximum absolute atomic E-state index is 12.7.